The zero-order valence-corrected chi connectivity index (χ0v) is 21.1. The van der Waals surface area contributed by atoms with Gasteiger partial charge in [0.25, 0.3) is 5.69 Å². The first-order valence-electron chi connectivity index (χ1n) is 10.6. The Labute approximate surface area is 204 Å². The van der Waals surface area contributed by atoms with Gasteiger partial charge >= 0.3 is 5.97 Å². The number of thioether (sulfide) groups is 1. The van der Waals surface area contributed by atoms with E-state index in [4.69, 9.17) is 4.74 Å². The number of amides is 1. The molecule has 10 nitrogen and oxygen atoms in total. The van der Waals surface area contributed by atoms with Crippen molar-refractivity contribution in [2.24, 2.45) is 0 Å². The Morgan fingerprint density at radius 3 is 2.50 bits per heavy atom. The predicted molar refractivity (Wildman–Crippen MR) is 131 cm³/mol. The van der Waals surface area contributed by atoms with Crippen molar-refractivity contribution >= 4 is 45.7 Å². The van der Waals surface area contributed by atoms with Crippen molar-refractivity contribution in [1.82, 2.24) is 14.8 Å². The number of aromatic nitrogens is 3. The van der Waals surface area contributed by atoms with E-state index in [2.05, 4.69) is 15.5 Å². The summed E-state index contributed by atoms with van der Waals surface area (Å²) in [5, 5.41) is 22.7. The Bertz CT molecular complexity index is 1220. The monoisotopic (exact) mass is 503 g/mol. The lowest BCUT2D eigenvalue weighted by atomic mass is 10.1. The van der Waals surface area contributed by atoms with Gasteiger partial charge in [-0.15, -0.1) is 21.5 Å². The maximum atomic E-state index is 12.9. The Kier molecular flexibility index (Phi) is 8.05. The molecule has 1 N–H and O–H groups in total. The normalized spacial score (nSPS) is 11.8. The minimum Gasteiger partial charge on any atom is -0.462 e. The molecule has 34 heavy (non-hydrogen) atoms. The fraction of sp³-hybridized carbons (Fsp3) is 0.364. The van der Waals surface area contributed by atoms with Gasteiger partial charge in [0.05, 0.1) is 22.3 Å². The topological polar surface area (TPSA) is 129 Å². The van der Waals surface area contributed by atoms with Gasteiger partial charge in [0.2, 0.25) is 5.91 Å². The first-order valence-corrected chi connectivity index (χ1v) is 12.3. The van der Waals surface area contributed by atoms with Crippen molar-refractivity contribution in [2.45, 2.75) is 51.6 Å². The van der Waals surface area contributed by atoms with Crippen LogP contribution in [0, 0.1) is 24.0 Å². The SMILES string of the molecule is CCOC(=O)c1c(NC(=O)[C@@H](C)Sc2nnc(-c3ccc([N+](=O)[O-])cc3)n2CC)sc(C)c1C. The van der Waals surface area contributed by atoms with Crippen LogP contribution in [-0.4, -0.2) is 43.4 Å². The predicted octanol–water partition coefficient (Wildman–Crippen LogP) is 4.85. The van der Waals surface area contributed by atoms with Crippen LogP contribution in [-0.2, 0) is 16.1 Å². The number of esters is 1. The number of nitro benzene ring substituents is 1. The minimum absolute atomic E-state index is 0.00700. The molecule has 2 heterocycles. The van der Waals surface area contributed by atoms with E-state index in [1.807, 2.05) is 25.3 Å². The number of thiophene rings is 1. The van der Waals surface area contributed by atoms with Crippen LogP contribution in [0.2, 0.25) is 0 Å². The quantitative estimate of drug-likeness (QED) is 0.190. The molecular weight excluding hydrogens is 478 g/mol. The molecular formula is C22H25N5O5S2. The van der Waals surface area contributed by atoms with Crippen LogP contribution in [0.15, 0.2) is 29.4 Å². The second-order valence-electron chi connectivity index (χ2n) is 7.31. The number of hydrogen-bond donors (Lipinski definition) is 1. The summed E-state index contributed by atoms with van der Waals surface area (Å²) in [4.78, 5) is 36.7. The third-order valence-electron chi connectivity index (χ3n) is 5.12. The molecule has 0 fully saturated rings. The highest BCUT2D eigenvalue weighted by Gasteiger charge is 2.25. The third-order valence-corrected chi connectivity index (χ3v) is 7.33. The average Bonchev–Trinajstić information content (AvgIpc) is 3.33. The molecule has 1 amide bonds. The Morgan fingerprint density at radius 1 is 1.24 bits per heavy atom. The van der Waals surface area contributed by atoms with Crippen molar-refractivity contribution < 1.29 is 19.2 Å². The maximum absolute atomic E-state index is 12.9. The summed E-state index contributed by atoms with van der Waals surface area (Å²) in [6.07, 6.45) is 0. The van der Waals surface area contributed by atoms with Gasteiger partial charge in [-0.1, -0.05) is 11.8 Å². The molecule has 2 aromatic heterocycles. The number of aryl methyl sites for hydroxylation is 1. The van der Waals surface area contributed by atoms with Crippen LogP contribution >= 0.6 is 23.1 Å². The lowest BCUT2D eigenvalue weighted by Crippen LogP contribution is -2.23. The van der Waals surface area contributed by atoms with Gasteiger partial charge in [-0.05, 0) is 52.3 Å². The molecule has 1 aromatic carbocycles. The highest BCUT2D eigenvalue weighted by atomic mass is 32.2. The van der Waals surface area contributed by atoms with Gasteiger partial charge in [-0.2, -0.15) is 0 Å². The second kappa shape index (κ2) is 10.8. The summed E-state index contributed by atoms with van der Waals surface area (Å²) in [7, 11) is 0. The van der Waals surface area contributed by atoms with Crippen LogP contribution in [0.1, 0.15) is 41.6 Å². The lowest BCUT2D eigenvalue weighted by molar-refractivity contribution is -0.384. The number of nitro groups is 1. The number of nitrogens with zero attached hydrogens (tertiary/aromatic N) is 4. The molecule has 0 unspecified atom stereocenters. The second-order valence-corrected chi connectivity index (χ2v) is 9.84. The van der Waals surface area contributed by atoms with E-state index >= 15 is 0 Å². The first-order chi connectivity index (χ1) is 16.2. The van der Waals surface area contributed by atoms with Crippen LogP contribution in [0.3, 0.4) is 0 Å². The summed E-state index contributed by atoms with van der Waals surface area (Å²) < 4.78 is 6.99. The van der Waals surface area contributed by atoms with E-state index in [1.54, 1.807) is 26.0 Å². The summed E-state index contributed by atoms with van der Waals surface area (Å²) in [6.45, 7) is 9.92. The van der Waals surface area contributed by atoms with Crippen LogP contribution in [0.25, 0.3) is 11.4 Å². The number of hydrogen-bond acceptors (Lipinski definition) is 9. The standard InChI is InChI=1S/C22H25N5O5S2/c1-6-26-18(15-8-10-16(11-9-15)27(30)31)24-25-22(26)34-14(5)19(28)23-20-17(21(29)32-7-2)12(3)13(4)33-20/h8-11,14H,6-7H2,1-5H3,(H,23,28)/t14-/m1/s1. The third kappa shape index (κ3) is 5.28. The van der Waals surface area contributed by atoms with Gasteiger partial charge in [0.1, 0.15) is 5.00 Å². The molecule has 12 heteroatoms. The largest absolute Gasteiger partial charge is 0.462 e. The molecule has 180 valence electrons. The highest BCUT2D eigenvalue weighted by Crippen LogP contribution is 2.34. The minimum atomic E-state index is -0.531. The summed E-state index contributed by atoms with van der Waals surface area (Å²) in [5.74, 6) is -0.181. The number of ether oxygens (including phenoxy) is 1. The molecule has 0 saturated carbocycles. The molecule has 0 saturated heterocycles. The van der Waals surface area contributed by atoms with Gasteiger partial charge in [-0.3, -0.25) is 14.9 Å². The van der Waals surface area contributed by atoms with E-state index in [-0.39, 0.29) is 18.2 Å². The molecule has 0 aliphatic rings. The van der Waals surface area contributed by atoms with Crippen LogP contribution in [0.5, 0.6) is 0 Å². The van der Waals surface area contributed by atoms with E-state index in [0.717, 1.165) is 10.4 Å². The molecule has 1 atom stereocenters. The molecule has 0 spiro atoms. The van der Waals surface area contributed by atoms with Gasteiger partial charge in [-0.25, -0.2) is 4.79 Å². The average molecular weight is 504 g/mol. The highest BCUT2D eigenvalue weighted by molar-refractivity contribution is 8.00. The molecule has 3 rings (SSSR count). The smallest absolute Gasteiger partial charge is 0.341 e. The van der Waals surface area contributed by atoms with Crippen molar-refractivity contribution in [3.05, 3.63) is 50.4 Å². The molecule has 0 aliphatic carbocycles. The Balaban J connectivity index is 1.78. The van der Waals surface area contributed by atoms with Crippen molar-refractivity contribution in [3.63, 3.8) is 0 Å². The van der Waals surface area contributed by atoms with E-state index < -0.39 is 16.1 Å². The molecule has 0 bridgehead atoms. The Morgan fingerprint density at radius 2 is 1.91 bits per heavy atom. The van der Waals surface area contributed by atoms with Gasteiger partial charge in [0, 0.05) is 29.1 Å². The molecule has 0 aliphatic heterocycles. The number of benzene rings is 1. The van der Waals surface area contributed by atoms with Crippen LogP contribution < -0.4 is 5.32 Å². The Hall–Kier alpha value is -3.25. The van der Waals surface area contributed by atoms with E-state index in [1.165, 1.54) is 35.2 Å². The fourth-order valence-corrected chi connectivity index (χ4v) is 5.16. The van der Waals surface area contributed by atoms with E-state index in [0.29, 0.717) is 33.7 Å². The zero-order chi connectivity index (χ0) is 25.0. The van der Waals surface area contributed by atoms with Gasteiger partial charge < -0.3 is 14.6 Å². The zero-order valence-electron chi connectivity index (χ0n) is 19.4. The van der Waals surface area contributed by atoms with E-state index in [9.17, 15) is 19.7 Å². The number of carbonyl (C=O) groups excluding carboxylic acids is 2. The van der Waals surface area contributed by atoms with Crippen molar-refractivity contribution in [3.8, 4) is 11.4 Å². The number of carbonyl (C=O) groups is 2. The summed E-state index contributed by atoms with van der Waals surface area (Å²) in [6, 6.07) is 6.08. The number of nitrogens with one attached hydrogen (secondary N) is 1. The van der Waals surface area contributed by atoms with Gasteiger partial charge in [0.15, 0.2) is 11.0 Å². The molecule has 0 radical (unpaired) electrons. The lowest BCUT2D eigenvalue weighted by Gasteiger charge is -2.13. The summed E-state index contributed by atoms with van der Waals surface area (Å²) in [5.41, 5.74) is 1.85. The van der Waals surface area contributed by atoms with Crippen LogP contribution in [0.4, 0.5) is 10.7 Å². The number of rotatable bonds is 9. The van der Waals surface area contributed by atoms with Crippen molar-refractivity contribution in [1.29, 1.82) is 0 Å². The van der Waals surface area contributed by atoms with Crippen molar-refractivity contribution in [2.75, 3.05) is 11.9 Å². The summed E-state index contributed by atoms with van der Waals surface area (Å²) >= 11 is 2.57. The number of anilines is 1. The molecule has 3 aromatic rings. The fourth-order valence-electron chi connectivity index (χ4n) is 3.20. The maximum Gasteiger partial charge on any atom is 0.341 e. The number of non-ortho nitro benzene ring substituents is 1. The first kappa shape index (κ1) is 25.4.